The number of halogens is 1. The molecule has 9 heteroatoms. The van der Waals surface area contributed by atoms with Crippen LogP contribution in [0.15, 0.2) is 48.3 Å². The number of ether oxygens (including phenoxy) is 2. The second-order valence-corrected chi connectivity index (χ2v) is 8.01. The fourth-order valence-corrected chi connectivity index (χ4v) is 4.25. The number of pyridine rings is 1. The van der Waals surface area contributed by atoms with Crippen molar-refractivity contribution < 1.29 is 24.2 Å². The quantitative estimate of drug-likeness (QED) is 0.404. The molecule has 2 fully saturated rings. The molecule has 0 radical (unpaired) electrons. The molecule has 2 aromatic rings. The van der Waals surface area contributed by atoms with E-state index in [0.717, 1.165) is 13.1 Å². The van der Waals surface area contributed by atoms with Crippen LogP contribution in [0.4, 0.5) is 0 Å². The SMILES string of the molecule is COc1ccc(Cl)cc1C(O)=C1C(=O)C(=O)N(CCN2CCOCC2)[C@H]1c1cccnc1. The van der Waals surface area contributed by atoms with E-state index < -0.39 is 17.7 Å². The maximum Gasteiger partial charge on any atom is 0.295 e. The Morgan fingerprint density at radius 1 is 1.25 bits per heavy atom. The van der Waals surface area contributed by atoms with E-state index in [0.29, 0.717) is 42.6 Å². The lowest BCUT2D eigenvalue weighted by Gasteiger charge is -2.30. The third-order valence-corrected chi connectivity index (χ3v) is 5.95. The Kier molecular flexibility index (Phi) is 6.74. The molecular formula is C23H24ClN3O5. The number of aliphatic hydroxyl groups is 1. The van der Waals surface area contributed by atoms with Gasteiger partial charge in [-0.1, -0.05) is 17.7 Å². The molecule has 2 aliphatic rings. The van der Waals surface area contributed by atoms with Gasteiger partial charge in [-0.15, -0.1) is 0 Å². The Bertz CT molecular complexity index is 1040. The number of carbonyl (C=O) groups excluding carboxylic acids is 2. The fourth-order valence-electron chi connectivity index (χ4n) is 4.08. The van der Waals surface area contributed by atoms with Gasteiger partial charge < -0.3 is 19.5 Å². The first kappa shape index (κ1) is 22.3. The summed E-state index contributed by atoms with van der Waals surface area (Å²) in [7, 11) is 1.46. The van der Waals surface area contributed by atoms with Gasteiger partial charge in [0.25, 0.3) is 11.7 Å². The van der Waals surface area contributed by atoms with Gasteiger partial charge in [0, 0.05) is 43.6 Å². The third kappa shape index (κ3) is 4.34. The molecule has 0 saturated carbocycles. The van der Waals surface area contributed by atoms with E-state index in [9.17, 15) is 14.7 Å². The summed E-state index contributed by atoms with van der Waals surface area (Å²) >= 11 is 6.13. The number of benzene rings is 1. The topological polar surface area (TPSA) is 92.2 Å². The Hall–Kier alpha value is -2.94. The zero-order chi connectivity index (χ0) is 22.7. The molecule has 8 nitrogen and oxygen atoms in total. The van der Waals surface area contributed by atoms with Gasteiger partial charge in [-0.3, -0.25) is 19.5 Å². The van der Waals surface area contributed by atoms with Crippen molar-refractivity contribution in [3.05, 3.63) is 64.4 Å². The molecule has 1 N–H and O–H groups in total. The normalized spacial score (nSPS) is 21.2. The van der Waals surface area contributed by atoms with E-state index in [1.54, 1.807) is 36.7 Å². The Morgan fingerprint density at radius 3 is 2.72 bits per heavy atom. The van der Waals surface area contributed by atoms with Crippen LogP contribution in [0.5, 0.6) is 5.75 Å². The number of morpholine rings is 1. The number of hydrogen-bond donors (Lipinski definition) is 1. The van der Waals surface area contributed by atoms with E-state index in [1.807, 2.05) is 0 Å². The molecule has 3 heterocycles. The monoisotopic (exact) mass is 457 g/mol. The molecule has 2 aliphatic heterocycles. The molecule has 2 saturated heterocycles. The van der Waals surface area contributed by atoms with Crippen LogP contribution in [-0.2, 0) is 14.3 Å². The Morgan fingerprint density at radius 2 is 2.03 bits per heavy atom. The van der Waals surface area contributed by atoms with Crippen molar-refractivity contribution in [3.8, 4) is 5.75 Å². The molecule has 0 spiro atoms. The minimum absolute atomic E-state index is 0.00876. The van der Waals surface area contributed by atoms with Gasteiger partial charge in [-0.05, 0) is 29.8 Å². The lowest BCUT2D eigenvalue weighted by atomic mass is 9.96. The summed E-state index contributed by atoms with van der Waals surface area (Å²) in [5.41, 5.74) is 0.877. The van der Waals surface area contributed by atoms with E-state index in [4.69, 9.17) is 21.1 Å². The first-order valence-electron chi connectivity index (χ1n) is 10.3. The Balaban J connectivity index is 1.76. The molecule has 0 unspecified atom stereocenters. The highest BCUT2D eigenvalue weighted by atomic mass is 35.5. The van der Waals surface area contributed by atoms with Gasteiger partial charge >= 0.3 is 0 Å². The number of rotatable bonds is 6. The third-order valence-electron chi connectivity index (χ3n) is 5.72. The number of carbonyl (C=O) groups is 2. The predicted molar refractivity (Wildman–Crippen MR) is 119 cm³/mol. The van der Waals surface area contributed by atoms with E-state index >= 15 is 0 Å². The molecule has 32 heavy (non-hydrogen) atoms. The average molecular weight is 458 g/mol. The molecule has 1 amide bonds. The molecule has 1 aromatic heterocycles. The summed E-state index contributed by atoms with van der Waals surface area (Å²) in [5, 5.41) is 11.6. The highest BCUT2D eigenvalue weighted by Gasteiger charge is 2.46. The molecule has 4 rings (SSSR count). The number of ketones is 1. The van der Waals surface area contributed by atoms with Crippen LogP contribution >= 0.6 is 11.6 Å². The average Bonchev–Trinajstić information content (AvgIpc) is 3.08. The summed E-state index contributed by atoms with van der Waals surface area (Å²) < 4.78 is 10.7. The van der Waals surface area contributed by atoms with Crippen LogP contribution in [0.25, 0.3) is 5.76 Å². The molecular weight excluding hydrogens is 434 g/mol. The van der Waals surface area contributed by atoms with Crippen LogP contribution in [0.3, 0.4) is 0 Å². The van der Waals surface area contributed by atoms with Crippen molar-refractivity contribution in [1.82, 2.24) is 14.8 Å². The zero-order valence-corrected chi connectivity index (χ0v) is 18.4. The van der Waals surface area contributed by atoms with Gasteiger partial charge in [0.15, 0.2) is 0 Å². The molecule has 168 valence electrons. The number of aliphatic hydroxyl groups excluding tert-OH is 1. The largest absolute Gasteiger partial charge is 0.507 e. The van der Waals surface area contributed by atoms with Crippen molar-refractivity contribution in [2.75, 3.05) is 46.5 Å². The number of hydrogen-bond acceptors (Lipinski definition) is 7. The fraction of sp³-hybridized carbons (Fsp3) is 0.348. The van der Waals surface area contributed by atoms with Gasteiger partial charge in [0.2, 0.25) is 0 Å². The standard InChI is InChI=1S/C23H24ClN3O5/c1-31-18-5-4-16(24)13-17(18)21(28)19-20(15-3-2-6-25-14-15)27(23(30)22(19)29)8-7-26-9-11-32-12-10-26/h2-6,13-14,20,28H,7-12H2,1H3/t20-/m0/s1. The van der Waals surface area contributed by atoms with Crippen LogP contribution in [0.2, 0.25) is 5.02 Å². The van der Waals surface area contributed by atoms with Crippen LogP contribution in [0, 0.1) is 0 Å². The maximum absolute atomic E-state index is 13.1. The first-order chi connectivity index (χ1) is 15.5. The van der Waals surface area contributed by atoms with Crippen molar-refractivity contribution in [2.45, 2.75) is 6.04 Å². The molecule has 1 aromatic carbocycles. The van der Waals surface area contributed by atoms with E-state index in [1.165, 1.54) is 18.1 Å². The molecule has 1 atom stereocenters. The smallest absolute Gasteiger partial charge is 0.295 e. The number of likely N-dealkylation sites (tertiary alicyclic amines) is 1. The van der Waals surface area contributed by atoms with Gasteiger partial charge in [-0.25, -0.2) is 0 Å². The van der Waals surface area contributed by atoms with Crippen molar-refractivity contribution >= 4 is 29.1 Å². The van der Waals surface area contributed by atoms with E-state index in [2.05, 4.69) is 9.88 Å². The minimum Gasteiger partial charge on any atom is -0.507 e. The predicted octanol–water partition coefficient (Wildman–Crippen LogP) is 2.50. The summed E-state index contributed by atoms with van der Waals surface area (Å²) in [4.78, 5) is 34.0. The minimum atomic E-state index is -0.770. The van der Waals surface area contributed by atoms with Crippen LogP contribution < -0.4 is 4.74 Å². The van der Waals surface area contributed by atoms with Gasteiger partial charge in [0.05, 0.1) is 37.5 Å². The van der Waals surface area contributed by atoms with Crippen molar-refractivity contribution in [2.24, 2.45) is 0 Å². The van der Waals surface area contributed by atoms with Crippen LogP contribution in [0.1, 0.15) is 17.2 Å². The first-order valence-corrected chi connectivity index (χ1v) is 10.7. The second kappa shape index (κ2) is 9.68. The Labute approximate surface area is 191 Å². The molecule has 0 bridgehead atoms. The summed E-state index contributed by atoms with van der Waals surface area (Å²) in [6, 6.07) is 7.48. The van der Waals surface area contributed by atoms with E-state index in [-0.39, 0.29) is 16.9 Å². The second-order valence-electron chi connectivity index (χ2n) is 7.58. The summed E-state index contributed by atoms with van der Waals surface area (Å²) in [6.07, 6.45) is 3.21. The van der Waals surface area contributed by atoms with Gasteiger partial charge in [0.1, 0.15) is 11.5 Å². The van der Waals surface area contributed by atoms with Crippen molar-refractivity contribution in [1.29, 1.82) is 0 Å². The number of aromatic nitrogens is 1. The molecule has 0 aliphatic carbocycles. The number of Topliss-reactive ketones (excluding diaryl/α,β-unsaturated/α-hetero) is 1. The summed E-state index contributed by atoms with van der Waals surface area (Å²) in [5.74, 6) is -1.39. The maximum atomic E-state index is 13.1. The lowest BCUT2D eigenvalue weighted by molar-refractivity contribution is -0.140. The number of nitrogens with zero attached hydrogens (tertiary/aromatic N) is 3. The number of amides is 1. The van der Waals surface area contributed by atoms with Crippen molar-refractivity contribution in [3.63, 3.8) is 0 Å². The lowest BCUT2D eigenvalue weighted by Crippen LogP contribution is -2.42. The zero-order valence-electron chi connectivity index (χ0n) is 17.7. The highest BCUT2D eigenvalue weighted by Crippen LogP contribution is 2.41. The number of methoxy groups -OCH3 is 1. The van der Waals surface area contributed by atoms with Crippen LogP contribution in [-0.4, -0.2) is 78.1 Å². The highest BCUT2D eigenvalue weighted by molar-refractivity contribution is 6.46. The van der Waals surface area contributed by atoms with Gasteiger partial charge in [-0.2, -0.15) is 0 Å². The summed E-state index contributed by atoms with van der Waals surface area (Å²) in [6.45, 7) is 3.72.